The topological polar surface area (TPSA) is 163 Å². The number of ketones is 1. The minimum absolute atomic E-state index is 0.0552. The number of hydrogen-bond donors (Lipinski definition) is 1. The number of likely N-dealkylation sites (tertiary alicyclic amines) is 1. The van der Waals surface area contributed by atoms with Gasteiger partial charge in [0.25, 0.3) is 0 Å². The van der Waals surface area contributed by atoms with Crippen molar-refractivity contribution in [3.63, 3.8) is 0 Å². The lowest BCUT2D eigenvalue weighted by molar-refractivity contribution is -0.157. The van der Waals surface area contributed by atoms with Crippen molar-refractivity contribution in [2.75, 3.05) is 13.7 Å². The summed E-state index contributed by atoms with van der Waals surface area (Å²) in [6.45, 7) is 7.69. The highest BCUT2D eigenvalue weighted by Crippen LogP contribution is 2.58. The van der Waals surface area contributed by atoms with E-state index < -0.39 is 40.8 Å². The Morgan fingerprint density at radius 3 is 2.44 bits per heavy atom. The van der Waals surface area contributed by atoms with Crippen molar-refractivity contribution < 1.29 is 38.5 Å². The van der Waals surface area contributed by atoms with Gasteiger partial charge in [0.2, 0.25) is 5.91 Å². The molecular weight excluding hydrogens is 734 g/mol. The monoisotopic (exact) mass is 781 g/mol. The van der Waals surface area contributed by atoms with Crippen molar-refractivity contribution >= 4 is 57.9 Å². The standard InChI is InChI=1S/C39H48ClN5O8S/c1-7-22-16-39(22,36(49)50)17-28(46)27-13-24(18-45(27)35(48)26(38(2,3)4)14-32(47)53-23-11-20-10-21(20)12-23)52-30-15-31(54-37-43-41-19-44(37)5)42-34-25(30)8-9-29(51-6)33(34)40/h8-9,15,19-24,26-27H,7,10-14,16-18H2,1-6H3,(H,49,50)/t20-,21+,22-,23?,24-,26-,27+,39-/m1/s1. The van der Waals surface area contributed by atoms with Gasteiger partial charge in [-0.1, -0.05) is 45.7 Å². The number of esters is 1. The second-order valence-electron chi connectivity index (χ2n) is 16.6. The molecule has 3 aliphatic carbocycles. The average Bonchev–Trinajstić information content (AvgIpc) is 3.82. The number of carboxylic acid groups (broad SMARTS) is 1. The highest BCUT2D eigenvalue weighted by molar-refractivity contribution is 7.99. The van der Waals surface area contributed by atoms with Crippen LogP contribution in [-0.2, 0) is 31.0 Å². The zero-order valence-electron chi connectivity index (χ0n) is 31.5. The lowest BCUT2D eigenvalue weighted by Gasteiger charge is -2.35. The Bertz CT molecular complexity index is 1970. The van der Waals surface area contributed by atoms with Gasteiger partial charge in [0.05, 0.1) is 43.0 Å². The number of amides is 1. The van der Waals surface area contributed by atoms with E-state index in [1.54, 1.807) is 29.1 Å². The summed E-state index contributed by atoms with van der Waals surface area (Å²) in [4.78, 5) is 61.1. The summed E-state index contributed by atoms with van der Waals surface area (Å²) in [6.07, 6.45) is 4.66. The molecule has 7 rings (SSSR count). The van der Waals surface area contributed by atoms with Crippen molar-refractivity contribution in [2.45, 2.75) is 107 Å². The lowest BCUT2D eigenvalue weighted by Crippen LogP contribution is -2.48. The van der Waals surface area contributed by atoms with Gasteiger partial charge in [0.1, 0.15) is 40.1 Å². The number of benzene rings is 1. The molecule has 4 fully saturated rings. The number of aromatic nitrogens is 4. The summed E-state index contributed by atoms with van der Waals surface area (Å²) in [5.41, 5.74) is -1.35. The Morgan fingerprint density at radius 2 is 1.83 bits per heavy atom. The quantitative estimate of drug-likeness (QED) is 0.180. The lowest BCUT2D eigenvalue weighted by atomic mass is 9.77. The molecule has 3 heterocycles. The third-order valence-electron chi connectivity index (χ3n) is 12.0. The van der Waals surface area contributed by atoms with Crippen molar-refractivity contribution in [3.05, 3.63) is 29.5 Å². The van der Waals surface area contributed by atoms with Gasteiger partial charge in [0.15, 0.2) is 10.9 Å². The molecule has 1 amide bonds. The number of pyridine rings is 1. The molecule has 13 nitrogen and oxygen atoms in total. The van der Waals surface area contributed by atoms with Gasteiger partial charge < -0.3 is 28.8 Å². The Kier molecular flexibility index (Phi) is 10.4. The molecule has 15 heteroatoms. The first-order chi connectivity index (χ1) is 25.6. The van der Waals surface area contributed by atoms with Crippen LogP contribution < -0.4 is 9.47 Å². The number of nitrogens with zero attached hydrogens (tertiary/aromatic N) is 5. The summed E-state index contributed by atoms with van der Waals surface area (Å²) in [5.74, 6) is -0.824. The fraction of sp³-hybridized carbons (Fsp3) is 0.615. The number of Topliss-reactive ketones (excluding diaryl/α,β-unsaturated/α-hetero) is 1. The Balaban J connectivity index is 1.19. The molecular formula is C39H48ClN5O8S. The zero-order valence-corrected chi connectivity index (χ0v) is 33.1. The van der Waals surface area contributed by atoms with Crippen LogP contribution in [0.5, 0.6) is 11.5 Å². The number of aryl methyl sites for hydroxylation is 1. The van der Waals surface area contributed by atoms with E-state index in [1.807, 2.05) is 34.7 Å². The number of fused-ring (bicyclic) bond motifs is 2. The first-order valence-electron chi connectivity index (χ1n) is 18.7. The third kappa shape index (κ3) is 7.52. The molecule has 0 bridgehead atoms. The molecule has 2 aromatic heterocycles. The summed E-state index contributed by atoms with van der Waals surface area (Å²) >= 11 is 8.04. The highest BCUT2D eigenvalue weighted by Gasteiger charge is 2.61. The van der Waals surface area contributed by atoms with Gasteiger partial charge in [-0.3, -0.25) is 19.2 Å². The Hall–Kier alpha value is -3.91. The van der Waals surface area contributed by atoms with Gasteiger partial charge >= 0.3 is 11.9 Å². The normalized spacial score (nSPS) is 27.7. The Morgan fingerprint density at radius 1 is 1.09 bits per heavy atom. The largest absolute Gasteiger partial charge is 0.495 e. The SMILES string of the molecule is CC[C@@H]1C[C@]1(CC(=O)[C@@H]1C[C@@H](Oc2cc(Sc3nncn3C)nc3c(Cl)c(OC)ccc23)CN1C(=O)[C@@H](CC(=O)OC1C[C@@H]2C[C@@H]2C1)C(C)(C)C)C(=O)O. The minimum atomic E-state index is -1.14. The second-order valence-corrected chi connectivity index (χ2v) is 18.0. The highest BCUT2D eigenvalue weighted by atomic mass is 35.5. The maximum atomic E-state index is 14.7. The van der Waals surface area contributed by atoms with E-state index in [0.29, 0.717) is 62.3 Å². The first-order valence-corrected chi connectivity index (χ1v) is 19.9. The predicted octanol–water partition coefficient (Wildman–Crippen LogP) is 6.38. The van der Waals surface area contributed by atoms with Crippen LogP contribution in [0.2, 0.25) is 5.02 Å². The van der Waals surface area contributed by atoms with E-state index in [-0.39, 0.29) is 49.5 Å². The number of carbonyl (C=O) groups is 4. The van der Waals surface area contributed by atoms with Crippen molar-refractivity contribution in [1.82, 2.24) is 24.6 Å². The molecule has 0 radical (unpaired) electrons. The number of hydrogen-bond acceptors (Lipinski definition) is 11. The van der Waals surface area contributed by atoms with Gasteiger partial charge in [-0.15, -0.1) is 10.2 Å². The van der Waals surface area contributed by atoms with Crippen LogP contribution in [0, 0.1) is 34.5 Å². The first kappa shape index (κ1) is 38.4. The molecule has 3 aromatic rings. The van der Waals surface area contributed by atoms with Crippen molar-refractivity contribution in [3.8, 4) is 11.5 Å². The summed E-state index contributed by atoms with van der Waals surface area (Å²) in [7, 11) is 3.34. The van der Waals surface area contributed by atoms with Crippen LogP contribution in [-0.4, -0.2) is 85.3 Å². The van der Waals surface area contributed by atoms with E-state index in [4.69, 9.17) is 30.8 Å². The van der Waals surface area contributed by atoms with Crippen LogP contribution >= 0.6 is 23.4 Å². The van der Waals surface area contributed by atoms with Gasteiger partial charge in [-0.05, 0) is 72.7 Å². The number of carbonyl (C=O) groups excluding carboxylic acids is 3. The summed E-state index contributed by atoms with van der Waals surface area (Å²) < 4.78 is 19.8. The van der Waals surface area contributed by atoms with E-state index in [9.17, 15) is 24.3 Å². The van der Waals surface area contributed by atoms with E-state index in [1.165, 1.54) is 30.2 Å². The second kappa shape index (κ2) is 14.6. The van der Waals surface area contributed by atoms with Gasteiger partial charge in [0, 0.05) is 31.3 Å². The number of halogens is 1. The summed E-state index contributed by atoms with van der Waals surface area (Å²) in [6, 6.07) is 4.34. The third-order valence-corrected chi connectivity index (χ3v) is 13.3. The molecule has 1 N–H and O–H groups in total. The Labute approximate surface area is 323 Å². The average molecular weight is 782 g/mol. The molecule has 1 unspecified atom stereocenters. The summed E-state index contributed by atoms with van der Waals surface area (Å²) in [5, 5.41) is 20.3. The number of aliphatic carboxylic acids is 1. The van der Waals surface area contributed by atoms with E-state index >= 15 is 0 Å². The van der Waals surface area contributed by atoms with E-state index in [0.717, 1.165) is 12.8 Å². The number of rotatable bonds is 14. The molecule has 290 valence electrons. The minimum Gasteiger partial charge on any atom is -0.495 e. The fourth-order valence-electron chi connectivity index (χ4n) is 8.58. The number of carboxylic acids is 1. The van der Waals surface area contributed by atoms with Crippen LogP contribution in [0.1, 0.15) is 79.1 Å². The van der Waals surface area contributed by atoms with Crippen molar-refractivity contribution in [2.24, 2.45) is 41.5 Å². The molecule has 8 atom stereocenters. The molecule has 1 aliphatic heterocycles. The predicted molar refractivity (Wildman–Crippen MR) is 199 cm³/mol. The van der Waals surface area contributed by atoms with Crippen LogP contribution in [0.3, 0.4) is 0 Å². The molecule has 1 aromatic carbocycles. The molecule has 54 heavy (non-hydrogen) atoms. The van der Waals surface area contributed by atoms with Crippen LogP contribution in [0.15, 0.2) is 34.7 Å². The maximum Gasteiger partial charge on any atom is 0.310 e. The molecule has 4 aliphatic rings. The molecule has 0 spiro atoms. The zero-order chi connectivity index (χ0) is 38.7. The molecule has 1 saturated heterocycles. The number of ether oxygens (including phenoxy) is 3. The van der Waals surface area contributed by atoms with Crippen molar-refractivity contribution in [1.29, 1.82) is 0 Å². The smallest absolute Gasteiger partial charge is 0.310 e. The van der Waals surface area contributed by atoms with Crippen LogP contribution in [0.25, 0.3) is 10.9 Å². The van der Waals surface area contributed by atoms with Gasteiger partial charge in [-0.2, -0.15) is 0 Å². The number of methoxy groups -OCH3 is 1. The maximum absolute atomic E-state index is 14.7. The van der Waals surface area contributed by atoms with E-state index in [2.05, 4.69) is 10.2 Å². The molecule has 3 saturated carbocycles. The van der Waals surface area contributed by atoms with Crippen LogP contribution in [0.4, 0.5) is 0 Å². The fourth-order valence-corrected chi connectivity index (χ4v) is 9.64. The van der Waals surface area contributed by atoms with Gasteiger partial charge in [-0.25, -0.2) is 4.98 Å².